The highest BCUT2D eigenvalue weighted by Gasteiger charge is 2.19. The van der Waals surface area contributed by atoms with Crippen LogP contribution in [0, 0.1) is 13.8 Å². The first kappa shape index (κ1) is 12.3. The minimum absolute atomic E-state index is 0.163. The summed E-state index contributed by atoms with van der Waals surface area (Å²) in [6.45, 7) is 8.91. The molecule has 0 unspecified atom stereocenters. The zero-order valence-electron chi connectivity index (χ0n) is 10.7. The van der Waals surface area contributed by atoms with Crippen LogP contribution in [0.3, 0.4) is 0 Å². The Morgan fingerprint density at radius 3 is 2.71 bits per heavy atom. The molecule has 2 aromatic heterocycles. The number of rotatable bonds is 3. The third-order valence-electron chi connectivity index (χ3n) is 2.93. The van der Waals surface area contributed by atoms with Gasteiger partial charge in [0.15, 0.2) is 0 Å². The van der Waals surface area contributed by atoms with Crippen LogP contribution in [0.1, 0.15) is 24.3 Å². The fourth-order valence-corrected chi connectivity index (χ4v) is 2.65. The van der Waals surface area contributed by atoms with Crippen molar-refractivity contribution < 1.29 is 0 Å². The van der Waals surface area contributed by atoms with Crippen molar-refractivity contribution in [2.45, 2.75) is 33.2 Å². The highest BCUT2D eigenvalue weighted by molar-refractivity contribution is 7.18. The quantitative estimate of drug-likeness (QED) is 0.878. The van der Waals surface area contributed by atoms with Crippen LogP contribution < -0.4 is 11.1 Å². The Labute approximate surface area is 105 Å². The highest BCUT2D eigenvalue weighted by Crippen LogP contribution is 2.33. The van der Waals surface area contributed by atoms with Crippen LogP contribution in [0.4, 0.5) is 5.82 Å². The Balaban J connectivity index is 2.54. The molecule has 17 heavy (non-hydrogen) atoms. The predicted octanol–water partition coefficient (Wildman–Crippen LogP) is 2.46. The summed E-state index contributed by atoms with van der Waals surface area (Å²) in [7, 11) is 0. The molecule has 0 fully saturated rings. The lowest BCUT2D eigenvalue weighted by Crippen LogP contribution is -2.39. The van der Waals surface area contributed by atoms with E-state index in [1.807, 2.05) is 0 Å². The van der Waals surface area contributed by atoms with E-state index < -0.39 is 0 Å². The fourth-order valence-electron chi connectivity index (χ4n) is 1.65. The molecule has 3 N–H and O–H groups in total. The molecular weight excluding hydrogens is 232 g/mol. The van der Waals surface area contributed by atoms with Crippen molar-refractivity contribution in [3.8, 4) is 0 Å². The Kier molecular flexibility index (Phi) is 3.05. The van der Waals surface area contributed by atoms with E-state index in [4.69, 9.17) is 5.73 Å². The molecule has 0 saturated carbocycles. The largest absolute Gasteiger partial charge is 0.363 e. The van der Waals surface area contributed by atoms with E-state index in [1.165, 1.54) is 10.4 Å². The number of hydrogen-bond acceptors (Lipinski definition) is 5. The summed E-state index contributed by atoms with van der Waals surface area (Å²) in [4.78, 5) is 11.0. The molecule has 2 rings (SSSR count). The molecule has 4 nitrogen and oxygen atoms in total. The maximum Gasteiger partial charge on any atom is 0.138 e. The fraction of sp³-hybridized carbons (Fsp3) is 0.500. The molecular formula is C12H18N4S. The highest BCUT2D eigenvalue weighted by atomic mass is 32.1. The van der Waals surface area contributed by atoms with Gasteiger partial charge in [0.2, 0.25) is 0 Å². The monoisotopic (exact) mass is 250 g/mol. The van der Waals surface area contributed by atoms with E-state index in [9.17, 15) is 0 Å². The van der Waals surface area contributed by atoms with Gasteiger partial charge in [-0.25, -0.2) is 9.97 Å². The number of aromatic nitrogens is 2. The predicted molar refractivity (Wildman–Crippen MR) is 73.6 cm³/mol. The number of nitrogens with one attached hydrogen (secondary N) is 1. The number of hydrogen-bond donors (Lipinski definition) is 2. The number of nitrogens with two attached hydrogens (primary N) is 1. The lowest BCUT2D eigenvalue weighted by atomic mass is 10.1. The summed E-state index contributed by atoms with van der Waals surface area (Å²) in [6, 6.07) is 0. The number of fused-ring (bicyclic) bond motifs is 1. The standard InChI is InChI=1S/C12H18N4S/c1-7-8(2)17-11-9(7)10(14-6-15-11)16-12(3,4)5-13/h6H,5,13H2,1-4H3,(H,14,15,16). The summed E-state index contributed by atoms with van der Waals surface area (Å²) >= 11 is 1.70. The lowest BCUT2D eigenvalue weighted by Gasteiger charge is -2.25. The molecule has 0 atom stereocenters. The number of aryl methyl sites for hydroxylation is 2. The third kappa shape index (κ3) is 2.25. The van der Waals surface area contributed by atoms with Gasteiger partial charge in [-0.05, 0) is 33.3 Å². The molecule has 2 aromatic rings. The topological polar surface area (TPSA) is 63.8 Å². The first-order chi connectivity index (χ1) is 7.94. The van der Waals surface area contributed by atoms with Crippen LogP contribution >= 0.6 is 11.3 Å². The van der Waals surface area contributed by atoms with Crippen molar-refractivity contribution in [3.05, 3.63) is 16.8 Å². The van der Waals surface area contributed by atoms with Crippen LogP contribution in [0.2, 0.25) is 0 Å². The molecule has 0 aliphatic heterocycles. The van der Waals surface area contributed by atoms with Crippen molar-refractivity contribution in [2.75, 3.05) is 11.9 Å². The minimum atomic E-state index is -0.163. The molecule has 0 spiro atoms. The second kappa shape index (κ2) is 4.23. The molecule has 0 radical (unpaired) electrons. The molecule has 92 valence electrons. The van der Waals surface area contributed by atoms with E-state index in [2.05, 4.69) is 43.0 Å². The second-order valence-electron chi connectivity index (χ2n) is 4.90. The van der Waals surface area contributed by atoms with Crippen molar-refractivity contribution in [1.82, 2.24) is 9.97 Å². The number of nitrogens with zero attached hydrogens (tertiary/aromatic N) is 2. The van der Waals surface area contributed by atoms with Crippen LogP contribution in [0.25, 0.3) is 10.2 Å². The summed E-state index contributed by atoms with van der Waals surface area (Å²) in [5, 5.41) is 4.52. The van der Waals surface area contributed by atoms with Crippen LogP contribution in [-0.4, -0.2) is 22.1 Å². The number of anilines is 1. The molecule has 0 bridgehead atoms. The van der Waals surface area contributed by atoms with Gasteiger partial charge >= 0.3 is 0 Å². The van der Waals surface area contributed by atoms with Crippen molar-refractivity contribution in [3.63, 3.8) is 0 Å². The van der Waals surface area contributed by atoms with Gasteiger partial charge in [0.05, 0.1) is 5.39 Å². The average molecular weight is 250 g/mol. The third-order valence-corrected chi connectivity index (χ3v) is 4.05. The molecule has 0 saturated heterocycles. The van der Waals surface area contributed by atoms with Crippen molar-refractivity contribution in [2.24, 2.45) is 5.73 Å². The summed E-state index contributed by atoms with van der Waals surface area (Å²) in [5.74, 6) is 0.882. The van der Waals surface area contributed by atoms with Gasteiger partial charge in [-0.2, -0.15) is 0 Å². The zero-order chi connectivity index (χ0) is 12.6. The van der Waals surface area contributed by atoms with Gasteiger partial charge in [-0.3, -0.25) is 0 Å². The van der Waals surface area contributed by atoms with Gasteiger partial charge in [0, 0.05) is 17.0 Å². The van der Waals surface area contributed by atoms with Crippen LogP contribution in [0.5, 0.6) is 0 Å². The van der Waals surface area contributed by atoms with Crippen molar-refractivity contribution in [1.29, 1.82) is 0 Å². The molecule has 2 heterocycles. The molecule has 0 aliphatic carbocycles. The van der Waals surface area contributed by atoms with E-state index in [1.54, 1.807) is 17.7 Å². The molecule has 0 aromatic carbocycles. The van der Waals surface area contributed by atoms with Crippen LogP contribution in [-0.2, 0) is 0 Å². The maximum atomic E-state index is 5.74. The van der Waals surface area contributed by atoms with Crippen LogP contribution in [0.15, 0.2) is 6.33 Å². The minimum Gasteiger partial charge on any atom is -0.363 e. The van der Waals surface area contributed by atoms with Gasteiger partial charge in [-0.1, -0.05) is 0 Å². The van der Waals surface area contributed by atoms with E-state index in [0.717, 1.165) is 16.0 Å². The summed E-state index contributed by atoms with van der Waals surface area (Å²) in [6.07, 6.45) is 1.60. The Hall–Kier alpha value is -1.20. The van der Waals surface area contributed by atoms with Gasteiger partial charge in [0.1, 0.15) is 17.0 Å². The van der Waals surface area contributed by atoms with E-state index >= 15 is 0 Å². The second-order valence-corrected chi connectivity index (χ2v) is 6.10. The normalized spacial score (nSPS) is 12.1. The first-order valence-corrected chi connectivity index (χ1v) is 6.45. The van der Waals surface area contributed by atoms with Gasteiger partial charge < -0.3 is 11.1 Å². The van der Waals surface area contributed by atoms with Crippen molar-refractivity contribution >= 4 is 27.4 Å². The summed E-state index contributed by atoms with van der Waals surface area (Å²) < 4.78 is 0. The van der Waals surface area contributed by atoms with E-state index in [0.29, 0.717) is 6.54 Å². The Morgan fingerprint density at radius 1 is 1.35 bits per heavy atom. The zero-order valence-corrected chi connectivity index (χ0v) is 11.5. The number of thiophene rings is 1. The van der Waals surface area contributed by atoms with Gasteiger partial charge in [0.25, 0.3) is 0 Å². The molecule has 0 aliphatic rings. The lowest BCUT2D eigenvalue weighted by molar-refractivity contribution is 0.578. The average Bonchev–Trinajstić information content (AvgIpc) is 2.56. The SMILES string of the molecule is Cc1sc2ncnc(NC(C)(C)CN)c2c1C. The molecule has 5 heteroatoms. The first-order valence-electron chi connectivity index (χ1n) is 5.63. The Bertz CT molecular complexity index is 545. The van der Waals surface area contributed by atoms with Gasteiger partial charge in [-0.15, -0.1) is 11.3 Å². The summed E-state index contributed by atoms with van der Waals surface area (Å²) in [5.41, 5.74) is 6.83. The Morgan fingerprint density at radius 2 is 2.06 bits per heavy atom. The molecule has 0 amide bonds. The maximum absolute atomic E-state index is 5.74. The smallest absolute Gasteiger partial charge is 0.138 e. The van der Waals surface area contributed by atoms with E-state index in [-0.39, 0.29) is 5.54 Å².